The Kier molecular flexibility index (Phi) is 5.65. The molecule has 1 aromatic carbocycles. The van der Waals surface area contributed by atoms with Gasteiger partial charge in [0.15, 0.2) is 5.65 Å². The minimum atomic E-state index is -0.300. The first-order valence-electron chi connectivity index (χ1n) is 9.02. The maximum absolute atomic E-state index is 12.6. The Bertz CT molecular complexity index is 950. The van der Waals surface area contributed by atoms with Crippen LogP contribution in [0.4, 0.5) is 10.5 Å². The molecule has 0 radical (unpaired) electrons. The third-order valence-corrected chi connectivity index (χ3v) is 4.54. The third-order valence-electron chi connectivity index (χ3n) is 4.31. The van der Waals surface area contributed by atoms with Gasteiger partial charge in [0.25, 0.3) is 0 Å². The van der Waals surface area contributed by atoms with Gasteiger partial charge in [-0.25, -0.2) is 14.8 Å². The maximum Gasteiger partial charge on any atom is 0.319 e. The number of halogens is 1. The summed E-state index contributed by atoms with van der Waals surface area (Å²) in [5.41, 5.74) is 2.29. The zero-order chi connectivity index (χ0) is 19.6. The predicted octanol–water partition coefficient (Wildman–Crippen LogP) is 5.18. The summed E-state index contributed by atoms with van der Waals surface area (Å²) in [6.45, 7) is 8.29. The van der Waals surface area contributed by atoms with Crippen molar-refractivity contribution in [1.82, 2.24) is 19.9 Å². The van der Waals surface area contributed by atoms with E-state index < -0.39 is 0 Å². The molecule has 6 nitrogen and oxygen atoms in total. The van der Waals surface area contributed by atoms with Gasteiger partial charge < -0.3 is 15.2 Å². The summed E-state index contributed by atoms with van der Waals surface area (Å²) in [5, 5.41) is 6.46. The Balaban J connectivity index is 1.91. The molecule has 1 unspecified atom stereocenters. The fourth-order valence-corrected chi connectivity index (χ4v) is 3.27. The Hall–Kier alpha value is -2.60. The highest BCUT2D eigenvalue weighted by atomic mass is 35.5. The van der Waals surface area contributed by atoms with Crippen molar-refractivity contribution in [3.8, 4) is 0 Å². The second-order valence-electron chi connectivity index (χ2n) is 7.11. The molecule has 0 aliphatic heterocycles. The molecular weight excluding hydrogens is 362 g/mol. The predicted molar refractivity (Wildman–Crippen MR) is 109 cm³/mol. The number of carbonyl (C=O) groups is 1. The lowest BCUT2D eigenvalue weighted by atomic mass is 10.0. The smallest absolute Gasteiger partial charge is 0.319 e. The van der Waals surface area contributed by atoms with Gasteiger partial charge in [-0.05, 0) is 50.1 Å². The highest BCUT2D eigenvalue weighted by Gasteiger charge is 2.26. The average Bonchev–Trinajstić information content (AvgIpc) is 2.98. The van der Waals surface area contributed by atoms with Crippen molar-refractivity contribution in [3.05, 3.63) is 53.4 Å². The van der Waals surface area contributed by atoms with E-state index in [1.54, 1.807) is 30.5 Å². The molecule has 27 heavy (non-hydrogen) atoms. The molecule has 0 fully saturated rings. The number of carbonyl (C=O) groups excluding carboxylic acids is 1. The normalized spacial score (nSPS) is 12.6. The van der Waals surface area contributed by atoms with E-state index in [2.05, 4.69) is 47.9 Å². The van der Waals surface area contributed by atoms with E-state index in [0.29, 0.717) is 10.7 Å². The SMILES string of the molecule is CC(C)C(NC(=O)Nc1cccc(Cl)c1)c1nc2cccnc2n1C(C)C. The van der Waals surface area contributed by atoms with Gasteiger partial charge in [-0.3, -0.25) is 0 Å². The molecule has 0 bridgehead atoms. The van der Waals surface area contributed by atoms with Crippen molar-refractivity contribution in [2.75, 3.05) is 5.32 Å². The minimum Gasteiger partial charge on any atom is -0.328 e. The number of pyridine rings is 1. The van der Waals surface area contributed by atoms with Gasteiger partial charge in [0, 0.05) is 22.9 Å². The van der Waals surface area contributed by atoms with Crippen LogP contribution in [0.2, 0.25) is 5.02 Å². The zero-order valence-corrected chi connectivity index (χ0v) is 16.7. The maximum atomic E-state index is 12.6. The van der Waals surface area contributed by atoms with Crippen LogP contribution in [-0.2, 0) is 0 Å². The molecule has 7 heteroatoms. The van der Waals surface area contributed by atoms with Crippen LogP contribution in [0.25, 0.3) is 11.2 Å². The van der Waals surface area contributed by atoms with Gasteiger partial charge >= 0.3 is 6.03 Å². The van der Waals surface area contributed by atoms with Crippen LogP contribution in [0.5, 0.6) is 0 Å². The molecule has 0 saturated carbocycles. The fourth-order valence-electron chi connectivity index (χ4n) is 3.08. The molecule has 0 spiro atoms. The first kappa shape index (κ1) is 19.2. The lowest BCUT2D eigenvalue weighted by molar-refractivity contribution is 0.243. The second-order valence-corrected chi connectivity index (χ2v) is 7.55. The molecule has 2 N–H and O–H groups in total. The van der Waals surface area contributed by atoms with E-state index in [4.69, 9.17) is 16.6 Å². The standard InChI is InChI=1S/C20H24ClN5O/c1-12(2)17(25-20(27)23-15-8-5-7-14(21)11-15)19-24-16-9-6-10-22-18(16)26(19)13(3)4/h5-13,17H,1-4H3,(H2,23,25,27). The Morgan fingerprint density at radius 3 is 2.59 bits per heavy atom. The average molecular weight is 386 g/mol. The molecule has 1 atom stereocenters. The molecule has 3 aromatic rings. The van der Waals surface area contributed by atoms with Crippen molar-refractivity contribution in [1.29, 1.82) is 0 Å². The van der Waals surface area contributed by atoms with Crippen LogP contribution in [0, 0.1) is 5.92 Å². The third kappa shape index (κ3) is 4.22. The molecule has 0 aliphatic carbocycles. The number of amides is 2. The Labute approximate surface area is 164 Å². The molecule has 142 valence electrons. The summed E-state index contributed by atoms with van der Waals surface area (Å²) in [6.07, 6.45) is 1.76. The number of anilines is 1. The number of hydrogen-bond acceptors (Lipinski definition) is 3. The van der Waals surface area contributed by atoms with Crippen molar-refractivity contribution in [2.24, 2.45) is 5.92 Å². The number of hydrogen-bond donors (Lipinski definition) is 2. The van der Waals surface area contributed by atoms with Crippen molar-refractivity contribution in [3.63, 3.8) is 0 Å². The lowest BCUT2D eigenvalue weighted by Crippen LogP contribution is -2.36. The van der Waals surface area contributed by atoms with Crippen molar-refractivity contribution >= 4 is 34.5 Å². The number of nitrogens with one attached hydrogen (secondary N) is 2. The summed E-state index contributed by atoms with van der Waals surface area (Å²) >= 11 is 5.99. The quantitative estimate of drug-likeness (QED) is 0.635. The van der Waals surface area contributed by atoms with Gasteiger partial charge in [-0.2, -0.15) is 0 Å². The lowest BCUT2D eigenvalue weighted by Gasteiger charge is -2.24. The first-order chi connectivity index (χ1) is 12.9. The molecular formula is C20H24ClN5O. The number of imidazole rings is 1. The fraction of sp³-hybridized carbons (Fsp3) is 0.350. The van der Waals surface area contributed by atoms with E-state index >= 15 is 0 Å². The van der Waals surface area contributed by atoms with Crippen molar-refractivity contribution in [2.45, 2.75) is 39.8 Å². The number of fused-ring (bicyclic) bond motifs is 1. The van der Waals surface area contributed by atoms with E-state index in [0.717, 1.165) is 17.0 Å². The summed E-state index contributed by atoms with van der Waals surface area (Å²) in [7, 11) is 0. The molecule has 0 aliphatic rings. The van der Waals surface area contributed by atoms with Gasteiger partial charge in [0.05, 0.1) is 6.04 Å². The van der Waals surface area contributed by atoms with Crippen LogP contribution in [0.1, 0.15) is 45.6 Å². The second kappa shape index (κ2) is 7.96. The molecule has 0 saturated heterocycles. The van der Waals surface area contributed by atoms with Gasteiger partial charge in [-0.1, -0.05) is 31.5 Å². The van der Waals surface area contributed by atoms with Crippen molar-refractivity contribution < 1.29 is 4.79 Å². The molecule has 2 aromatic heterocycles. The monoisotopic (exact) mass is 385 g/mol. The van der Waals surface area contributed by atoms with Crippen LogP contribution in [0.3, 0.4) is 0 Å². The van der Waals surface area contributed by atoms with Gasteiger partial charge in [0.1, 0.15) is 11.3 Å². The minimum absolute atomic E-state index is 0.143. The molecule has 3 rings (SSSR count). The van der Waals surface area contributed by atoms with Gasteiger partial charge in [-0.15, -0.1) is 0 Å². The van der Waals surface area contributed by atoms with E-state index in [9.17, 15) is 4.79 Å². The van der Waals surface area contributed by atoms with E-state index in [1.807, 2.05) is 12.1 Å². The van der Waals surface area contributed by atoms with Gasteiger partial charge in [0.2, 0.25) is 0 Å². The Morgan fingerprint density at radius 2 is 1.93 bits per heavy atom. The van der Waals surface area contributed by atoms with Crippen LogP contribution >= 0.6 is 11.6 Å². The summed E-state index contributed by atoms with van der Waals surface area (Å²) in [5.74, 6) is 0.944. The zero-order valence-electron chi connectivity index (χ0n) is 15.9. The topological polar surface area (TPSA) is 71.8 Å². The number of benzene rings is 1. The summed E-state index contributed by atoms with van der Waals surface area (Å²) < 4.78 is 2.08. The van der Waals surface area contributed by atoms with Crippen LogP contribution in [0.15, 0.2) is 42.6 Å². The number of nitrogens with zero attached hydrogens (tertiary/aromatic N) is 3. The van der Waals surface area contributed by atoms with Crippen LogP contribution < -0.4 is 10.6 Å². The first-order valence-corrected chi connectivity index (χ1v) is 9.40. The molecule has 2 heterocycles. The largest absolute Gasteiger partial charge is 0.328 e. The summed E-state index contributed by atoms with van der Waals surface area (Å²) in [4.78, 5) is 21.8. The number of rotatable bonds is 5. The highest BCUT2D eigenvalue weighted by molar-refractivity contribution is 6.30. The highest BCUT2D eigenvalue weighted by Crippen LogP contribution is 2.28. The summed E-state index contributed by atoms with van der Waals surface area (Å²) in [6, 6.07) is 10.5. The number of aromatic nitrogens is 3. The van der Waals surface area contributed by atoms with E-state index in [1.165, 1.54) is 0 Å². The number of urea groups is 1. The Morgan fingerprint density at radius 1 is 1.15 bits per heavy atom. The molecule has 2 amide bonds. The van der Waals surface area contributed by atoms with Crippen LogP contribution in [-0.4, -0.2) is 20.6 Å². The van der Waals surface area contributed by atoms with E-state index in [-0.39, 0.29) is 24.0 Å².